The van der Waals surface area contributed by atoms with Crippen molar-refractivity contribution in [1.29, 1.82) is 0 Å². The Balaban J connectivity index is 2.17. The van der Waals surface area contributed by atoms with Crippen LogP contribution in [-0.4, -0.2) is 23.0 Å². The van der Waals surface area contributed by atoms with Crippen LogP contribution in [0.4, 0.5) is 10.2 Å². The van der Waals surface area contributed by atoms with Crippen LogP contribution in [0.5, 0.6) is 0 Å². The number of rotatable bonds is 5. The SMILES string of the molecule is CCNc1nccc(C(=O)NC2(CC)CCC2)c1F. The number of carbonyl (C=O) groups is 1. The Morgan fingerprint density at radius 3 is 2.74 bits per heavy atom. The van der Waals surface area contributed by atoms with E-state index in [2.05, 4.69) is 15.6 Å². The van der Waals surface area contributed by atoms with E-state index in [1.165, 1.54) is 12.3 Å². The average Bonchev–Trinajstić information content (AvgIpc) is 2.36. The molecule has 1 aliphatic carbocycles. The van der Waals surface area contributed by atoms with Gasteiger partial charge in [-0.1, -0.05) is 6.92 Å². The van der Waals surface area contributed by atoms with Gasteiger partial charge in [-0.3, -0.25) is 4.79 Å². The summed E-state index contributed by atoms with van der Waals surface area (Å²) in [5.41, 5.74) is -0.0730. The first-order valence-corrected chi connectivity index (χ1v) is 6.83. The second-order valence-electron chi connectivity index (χ2n) is 4.99. The van der Waals surface area contributed by atoms with E-state index >= 15 is 0 Å². The van der Waals surface area contributed by atoms with E-state index in [9.17, 15) is 9.18 Å². The zero-order chi connectivity index (χ0) is 13.9. The Hall–Kier alpha value is -1.65. The molecule has 1 fully saturated rings. The number of hydrogen-bond acceptors (Lipinski definition) is 3. The van der Waals surface area contributed by atoms with Crippen LogP contribution >= 0.6 is 0 Å². The van der Waals surface area contributed by atoms with Gasteiger partial charge in [0.2, 0.25) is 0 Å². The van der Waals surface area contributed by atoms with Crippen LogP contribution in [0.15, 0.2) is 12.3 Å². The predicted molar refractivity (Wildman–Crippen MR) is 72.7 cm³/mol. The maximum Gasteiger partial charge on any atom is 0.254 e. The molecule has 1 aromatic rings. The van der Waals surface area contributed by atoms with Crippen LogP contribution in [0.1, 0.15) is 49.9 Å². The Morgan fingerprint density at radius 1 is 1.47 bits per heavy atom. The molecule has 0 unspecified atom stereocenters. The summed E-state index contributed by atoms with van der Waals surface area (Å²) in [7, 11) is 0. The van der Waals surface area contributed by atoms with Crippen molar-refractivity contribution in [3.63, 3.8) is 0 Å². The Labute approximate surface area is 112 Å². The second kappa shape index (κ2) is 5.55. The zero-order valence-electron chi connectivity index (χ0n) is 11.4. The summed E-state index contributed by atoms with van der Waals surface area (Å²) in [6, 6.07) is 1.42. The minimum Gasteiger partial charge on any atom is -0.368 e. The van der Waals surface area contributed by atoms with Gasteiger partial charge in [-0.2, -0.15) is 0 Å². The molecule has 5 heteroatoms. The molecule has 0 spiro atoms. The van der Waals surface area contributed by atoms with Gasteiger partial charge in [-0.15, -0.1) is 0 Å². The molecule has 0 aliphatic heterocycles. The molecule has 0 aromatic carbocycles. The van der Waals surface area contributed by atoms with Crippen LogP contribution in [0.3, 0.4) is 0 Å². The smallest absolute Gasteiger partial charge is 0.254 e. The highest BCUT2D eigenvalue weighted by Crippen LogP contribution is 2.35. The molecule has 0 radical (unpaired) electrons. The molecule has 104 valence electrons. The molecular weight excluding hydrogens is 245 g/mol. The molecule has 0 bridgehead atoms. The topological polar surface area (TPSA) is 54.0 Å². The molecule has 1 saturated carbocycles. The number of nitrogens with one attached hydrogen (secondary N) is 2. The van der Waals surface area contributed by atoms with Crippen LogP contribution in [0, 0.1) is 5.82 Å². The van der Waals surface area contributed by atoms with Gasteiger partial charge >= 0.3 is 0 Å². The minimum atomic E-state index is -0.576. The van der Waals surface area contributed by atoms with Gasteiger partial charge in [-0.25, -0.2) is 9.37 Å². The Morgan fingerprint density at radius 2 is 2.21 bits per heavy atom. The molecule has 1 heterocycles. The van der Waals surface area contributed by atoms with Gasteiger partial charge in [0.05, 0.1) is 5.56 Å². The Bertz CT molecular complexity index is 466. The van der Waals surface area contributed by atoms with Crippen LogP contribution < -0.4 is 10.6 Å². The highest BCUT2D eigenvalue weighted by atomic mass is 19.1. The third-order valence-electron chi connectivity index (χ3n) is 3.84. The monoisotopic (exact) mass is 265 g/mol. The fraction of sp³-hybridized carbons (Fsp3) is 0.571. The van der Waals surface area contributed by atoms with Crippen molar-refractivity contribution in [2.75, 3.05) is 11.9 Å². The van der Waals surface area contributed by atoms with Crippen LogP contribution in [0.25, 0.3) is 0 Å². The molecule has 1 aliphatic rings. The molecule has 2 N–H and O–H groups in total. The highest BCUT2D eigenvalue weighted by Gasteiger charge is 2.37. The highest BCUT2D eigenvalue weighted by molar-refractivity contribution is 5.95. The van der Waals surface area contributed by atoms with E-state index in [0.717, 1.165) is 25.7 Å². The first-order chi connectivity index (χ1) is 9.12. The molecule has 0 saturated heterocycles. The van der Waals surface area contributed by atoms with Gasteiger partial charge in [0.1, 0.15) is 0 Å². The normalized spacial score (nSPS) is 16.6. The summed E-state index contributed by atoms with van der Waals surface area (Å²) in [5, 5.41) is 5.78. The van der Waals surface area contributed by atoms with Crippen LogP contribution in [0.2, 0.25) is 0 Å². The number of halogens is 1. The first kappa shape index (κ1) is 13.8. The zero-order valence-corrected chi connectivity index (χ0v) is 11.4. The van der Waals surface area contributed by atoms with Crippen molar-refractivity contribution in [2.24, 2.45) is 0 Å². The van der Waals surface area contributed by atoms with Gasteiger partial charge in [0.25, 0.3) is 5.91 Å². The summed E-state index contributed by atoms with van der Waals surface area (Å²) in [4.78, 5) is 16.1. The van der Waals surface area contributed by atoms with Gasteiger partial charge in [0, 0.05) is 18.3 Å². The molecule has 2 rings (SSSR count). The van der Waals surface area contributed by atoms with E-state index in [0.29, 0.717) is 6.54 Å². The number of amides is 1. The second-order valence-corrected chi connectivity index (χ2v) is 4.99. The number of anilines is 1. The van der Waals surface area contributed by atoms with Crippen LogP contribution in [-0.2, 0) is 0 Å². The summed E-state index contributed by atoms with van der Waals surface area (Å²) < 4.78 is 14.1. The third-order valence-corrected chi connectivity index (χ3v) is 3.84. The lowest BCUT2D eigenvalue weighted by atomic mass is 9.74. The van der Waals surface area contributed by atoms with Crippen molar-refractivity contribution >= 4 is 11.7 Å². The van der Waals surface area contributed by atoms with Crippen molar-refractivity contribution in [1.82, 2.24) is 10.3 Å². The maximum atomic E-state index is 14.1. The first-order valence-electron chi connectivity index (χ1n) is 6.83. The summed E-state index contributed by atoms with van der Waals surface area (Å²) in [6.45, 7) is 4.47. The van der Waals surface area contributed by atoms with Gasteiger partial charge < -0.3 is 10.6 Å². The molecule has 1 amide bonds. The van der Waals surface area contributed by atoms with E-state index in [4.69, 9.17) is 0 Å². The summed E-state index contributed by atoms with van der Waals surface area (Å²) >= 11 is 0. The summed E-state index contributed by atoms with van der Waals surface area (Å²) in [5.74, 6) is -0.790. The molecule has 1 aromatic heterocycles. The van der Waals surface area contributed by atoms with E-state index < -0.39 is 5.82 Å². The quantitative estimate of drug-likeness (QED) is 0.860. The minimum absolute atomic E-state index is 0.0608. The number of hydrogen-bond donors (Lipinski definition) is 2. The molecule has 19 heavy (non-hydrogen) atoms. The number of nitrogens with zero attached hydrogens (tertiary/aromatic N) is 1. The number of pyridine rings is 1. The van der Waals surface area contributed by atoms with E-state index in [1.54, 1.807) is 0 Å². The summed E-state index contributed by atoms with van der Waals surface area (Å²) in [6.07, 6.45) is 5.40. The predicted octanol–water partition coefficient (Wildman–Crippen LogP) is 2.72. The molecular formula is C14H20FN3O. The van der Waals surface area contributed by atoms with Gasteiger partial charge in [0.15, 0.2) is 11.6 Å². The van der Waals surface area contributed by atoms with Crippen molar-refractivity contribution in [2.45, 2.75) is 45.1 Å². The standard InChI is InChI=1S/C14H20FN3O/c1-3-14(7-5-8-14)18-13(19)10-6-9-17-12(11(10)15)16-4-2/h6,9H,3-5,7-8H2,1-2H3,(H,16,17)(H,18,19). The maximum absolute atomic E-state index is 14.1. The van der Waals surface area contributed by atoms with E-state index in [1.807, 2.05) is 13.8 Å². The lowest BCUT2D eigenvalue weighted by Crippen LogP contribution is -2.53. The lowest BCUT2D eigenvalue weighted by Gasteiger charge is -2.42. The third kappa shape index (κ3) is 2.69. The van der Waals surface area contributed by atoms with Crippen molar-refractivity contribution in [3.8, 4) is 0 Å². The fourth-order valence-electron chi connectivity index (χ4n) is 2.39. The van der Waals surface area contributed by atoms with Crippen molar-refractivity contribution in [3.05, 3.63) is 23.6 Å². The molecule has 0 atom stereocenters. The average molecular weight is 265 g/mol. The van der Waals surface area contributed by atoms with E-state index in [-0.39, 0.29) is 22.8 Å². The fourth-order valence-corrected chi connectivity index (χ4v) is 2.39. The largest absolute Gasteiger partial charge is 0.368 e. The number of aromatic nitrogens is 1. The molecule has 4 nitrogen and oxygen atoms in total. The lowest BCUT2D eigenvalue weighted by molar-refractivity contribution is 0.0816. The Kier molecular flexibility index (Phi) is 4.02. The number of carbonyl (C=O) groups excluding carboxylic acids is 1. The van der Waals surface area contributed by atoms with Gasteiger partial charge in [-0.05, 0) is 38.7 Å². The van der Waals surface area contributed by atoms with Crippen molar-refractivity contribution < 1.29 is 9.18 Å².